The number of likely N-dealkylation sites (tertiary alicyclic amines) is 1. The van der Waals surface area contributed by atoms with Crippen molar-refractivity contribution in [3.05, 3.63) is 58.6 Å². The van der Waals surface area contributed by atoms with Crippen LogP contribution in [0.25, 0.3) is 5.57 Å². The molecule has 1 aromatic heterocycles. The van der Waals surface area contributed by atoms with E-state index >= 15 is 0 Å². The van der Waals surface area contributed by atoms with E-state index in [-0.39, 0.29) is 18.2 Å². The van der Waals surface area contributed by atoms with Gasteiger partial charge in [0, 0.05) is 6.04 Å². The van der Waals surface area contributed by atoms with E-state index in [2.05, 4.69) is 41.2 Å². The first-order chi connectivity index (χ1) is 18.1. The maximum absolute atomic E-state index is 12.9. The van der Waals surface area contributed by atoms with Crippen LogP contribution in [0.3, 0.4) is 0 Å². The molecule has 1 aromatic rings. The molecule has 0 saturated carbocycles. The van der Waals surface area contributed by atoms with E-state index in [0.29, 0.717) is 0 Å². The summed E-state index contributed by atoms with van der Waals surface area (Å²) in [5.74, 6) is 0.828. The zero-order chi connectivity index (χ0) is 28.6. The second-order valence-electron chi connectivity index (χ2n) is 13.1. The molecule has 0 bridgehead atoms. The zero-order valence-corrected chi connectivity index (χ0v) is 24.9. The molecule has 2 heterocycles. The molecule has 2 N–H and O–H groups in total. The number of amides is 1. The number of aliphatic hydroxyl groups is 1. The average molecular weight is 535 g/mol. The van der Waals surface area contributed by atoms with E-state index in [4.69, 9.17) is 9.39 Å². The van der Waals surface area contributed by atoms with Crippen molar-refractivity contribution in [1.82, 2.24) is 14.9 Å². The first-order valence-corrected chi connectivity index (χ1v) is 14.2. The Labute approximate surface area is 234 Å². The minimum absolute atomic E-state index is 0.0953. The Morgan fingerprint density at radius 2 is 1.59 bits per heavy atom. The maximum Gasteiger partial charge on any atom is 0.411 e. The van der Waals surface area contributed by atoms with Gasteiger partial charge in [0.2, 0.25) is 0 Å². The fourth-order valence-corrected chi connectivity index (χ4v) is 5.06. The molecule has 2 unspecified atom stereocenters. The van der Waals surface area contributed by atoms with Crippen LogP contribution in [0.2, 0.25) is 0 Å². The van der Waals surface area contributed by atoms with Crippen molar-refractivity contribution >= 4 is 19.1 Å². The van der Waals surface area contributed by atoms with Crippen molar-refractivity contribution in [3.63, 3.8) is 0 Å². The molecule has 1 amide bonds. The first kappa shape index (κ1) is 29.4. The number of H-pyrrole nitrogens is 1. The number of carbonyl (C=O) groups is 1. The van der Waals surface area contributed by atoms with Crippen molar-refractivity contribution in [2.75, 3.05) is 0 Å². The minimum Gasteiger partial charge on any atom is -0.444 e. The molecule has 2 aliphatic carbocycles. The Balaban J connectivity index is 1.41. The molecular formula is C31H45BN3O4. The van der Waals surface area contributed by atoms with Gasteiger partial charge in [-0.15, -0.1) is 0 Å². The highest BCUT2D eigenvalue weighted by Crippen LogP contribution is 2.38. The van der Waals surface area contributed by atoms with Crippen LogP contribution in [0.4, 0.5) is 4.79 Å². The third-order valence-corrected chi connectivity index (χ3v) is 8.25. The van der Waals surface area contributed by atoms with Gasteiger partial charge in [-0.2, -0.15) is 0 Å². The quantitative estimate of drug-likeness (QED) is 0.377. The lowest BCUT2D eigenvalue weighted by molar-refractivity contribution is -0.0897. The second-order valence-corrected chi connectivity index (χ2v) is 13.1. The van der Waals surface area contributed by atoms with Crippen LogP contribution >= 0.6 is 0 Å². The summed E-state index contributed by atoms with van der Waals surface area (Å²) in [5.41, 5.74) is 3.99. The monoisotopic (exact) mass is 534 g/mol. The third kappa shape index (κ3) is 6.96. The van der Waals surface area contributed by atoms with E-state index in [9.17, 15) is 9.90 Å². The normalized spacial score (nSPS) is 22.6. The molecule has 1 saturated heterocycles. The van der Waals surface area contributed by atoms with Gasteiger partial charge in [0.1, 0.15) is 11.4 Å². The molecule has 3 aliphatic rings. The molecule has 0 spiro atoms. The lowest BCUT2D eigenvalue weighted by Gasteiger charge is -2.38. The van der Waals surface area contributed by atoms with Crippen molar-refractivity contribution in [3.8, 4) is 0 Å². The summed E-state index contributed by atoms with van der Waals surface area (Å²) in [4.78, 5) is 22.9. The molecule has 8 heteroatoms. The molecule has 1 radical (unpaired) electrons. The van der Waals surface area contributed by atoms with Gasteiger partial charge in [-0.05, 0) is 111 Å². The van der Waals surface area contributed by atoms with Crippen LogP contribution in [0, 0.1) is 0 Å². The van der Waals surface area contributed by atoms with Crippen LogP contribution in [-0.4, -0.2) is 56.4 Å². The fraction of sp³-hybridized carbons (Fsp3) is 0.613. The van der Waals surface area contributed by atoms with Gasteiger partial charge >= 0.3 is 13.6 Å². The third-order valence-electron chi connectivity index (χ3n) is 8.25. The molecule has 0 aromatic carbocycles. The highest BCUT2D eigenvalue weighted by Gasteiger charge is 2.39. The van der Waals surface area contributed by atoms with E-state index in [1.165, 1.54) is 16.7 Å². The number of imidazole rings is 1. The lowest BCUT2D eigenvalue weighted by atomic mass is 9.76. The fourth-order valence-electron chi connectivity index (χ4n) is 5.06. The van der Waals surface area contributed by atoms with Crippen LogP contribution in [0.15, 0.2) is 47.1 Å². The Morgan fingerprint density at radius 3 is 2.15 bits per heavy atom. The van der Waals surface area contributed by atoms with E-state index in [1.807, 2.05) is 45.7 Å². The molecule has 39 heavy (non-hydrogen) atoms. The molecule has 211 valence electrons. The van der Waals surface area contributed by atoms with Crippen LogP contribution in [-0.2, 0) is 9.39 Å². The van der Waals surface area contributed by atoms with Gasteiger partial charge in [-0.3, -0.25) is 4.90 Å². The Bertz CT molecular complexity index is 1190. The predicted octanol–water partition coefficient (Wildman–Crippen LogP) is 6.76. The van der Waals surface area contributed by atoms with Crippen LogP contribution in [0.5, 0.6) is 0 Å². The van der Waals surface area contributed by atoms with Crippen LogP contribution < -0.4 is 0 Å². The van der Waals surface area contributed by atoms with Gasteiger partial charge < -0.3 is 19.5 Å². The minimum atomic E-state index is -0.931. The van der Waals surface area contributed by atoms with Crippen LogP contribution in [0.1, 0.15) is 111 Å². The SMILES string of the molecule is CC1CCC(c2ncc(C3=CC=C(C4=CC=C([B]OC(C)(C)C(C)(C)O)CC4)CC3)[nH]2)N1C(=O)OC(C)(C)C. The molecule has 2 atom stereocenters. The number of hydrogen-bond donors (Lipinski definition) is 2. The Kier molecular flexibility index (Phi) is 8.39. The number of nitrogens with zero attached hydrogens (tertiary/aromatic N) is 2. The molecule has 1 fully saturated rings. The van der Waals surface area contributed by atoms with Crippen molar-refractivity contribution in [1.29, 1.82) is 0 Å². The number of carbonyl (C=O) groups excluding carboxylic acids is 1. The highest BCUT2D eigenvalue weighted by molar-refractivity contribution is 6.38. The number of aromatic nitrogens is 2. The van der Waals surface area contributed by atoms with Gasteiger partial charge in [0.05, 0.1) is 29.1 Å². The molecule has 7 nitrogen and oxygen atoms in total. The van der Waals surface area contributed by atoms with Gasteiger partial charge in [-0.1, -0.05) is 29.8 Å². The van der Waals surface area contributed by atoms with E-state index < -0.39 is 16.8 Å². The summed E-state index contributed by atoms with van der Waals surface area (Å²) < 4.78 is 11.6. The smallest absolute Gasteiger partial charge is 0.411 e. The maximum atomic E-state index is 12.9. The molecule has 1 aliphatic heterocycles. The van der Waals surface area contributed by atoms with Gasteiger partial charge in [-0.25, -0.2) is 9.78 Å². The predicted molar refractivity (Wildman–Crippen MR) is 156 cm³/mol. The second kappa shape index (κ2) is 11.1. The number of hydrogen-bond acceptors (Lipinski definition) is 5. The summed E-state index contributed by atoms with van der Waals surface area (Å²) in [6, 6.07) is 0.0235. The summed E-state index contributed by atoms with van der Waals surface area (Å²) in [6.07, 6.45) is 16.0. The number of rotatable bonds is 7. The van der Waals surface area contributed by atoms with Gasteiger partial charge in [0.15, 0.2) is 0 Å². The summed E-state index contributed by atoms with van der Waals surface area (Å²) in [5, 5.41) is 10.3. The number of ether oxygens (including phenoxy) is 1. The van der Waals surface area contributed by atoms with E-state index in [1.54, 1.807) is 21.3 Å². The number of aromatic amines is 1. The van der Waals surface area contributed by atoms with Crippen molar-refractivity contribution in [2.24, 2.45) is 0 Å². The van der Waals surface area contributed by atoms with Crippen molar-refractivity contribution in [2.45, 2.75) is 123 Å². The lowest BCUT2D eigenvalue weighted by Crippen LogP contribution is -2.48. The average Bonchev–Trinajstić information content (AvgIpc) is 3.48. The Hall–Kier alpha value is -2.58. The highest BCUT2D eigenvalue weighted by atomic mass is 16.6. The zero-order valence-electron chi connectivity index (χ0n) is 24.9. The number of nitrogens with one attached hydrogen (secondary N) is 1. The molecular weight excluding hydrogens is 489 g/mol. The largest absolute Gasteiger partial charge is 0.444 e. The summed E-state index contributed by atoms with van der Waals surface area (Å²) in [7, 11) is 1.80. The first-order valence-electron chi connectivity index (χ1n) is 14.2. The summed E-state index contributed by atoms with van der Waals surface area (Å²) in [6.45, 7) is 15.1. The number of allylic oxidation sites excluding steroid dienone is 8. The Morgan fingerprint density at radius 1 is 0.974 bits per heavy atom. The van der Waals surface area contributed by atoms with Crippen molar-refractivity contribution < 1.29 is 19.3 Å². The molecule has 4 rings (SSSR count). The van der Waals surface area contributed by atoms with E-state index in [0.717, 1.165) is 55.5 Å². The summed E-state index contributed by atoms with van der Waals surface area (Å²) >= 11 is 0. The topological polar surface area (TPSA) is 87.7 Å². The van der Waals surface area contributed by atoms with Gasteiger partial charge in [0.25, 0.3) is 0 Å². The standard InChI is InChI=1S/C31H45BN3O4/c1-20-9-18-26(35(20)28(36)38-29(2,3)4)27-33-19-25(34-27)23-12-10-21(11-13-23)22-14-16-24(17-15-22)32-39-31(7,8)30(5,6)37/h10,12,14,16,19-20,26,37H,9,11,13,15,17-18H2,1-8H3,(H,33,34).